The molecule has 0 aliphatic heterocycles. The summed E-state index contributed by atoms with van der Waals surface area (Å²) in [6.07, 6.45) is 2.25. The molecule has 1 unspecified atom stereocenters. The molecule has 132 valence electrons. The average Bonchev–Trinajstić information content (AvgIpc) is 2.54. The van der Waals surface area contributed by atoms with Crippen molar-refractivity contribution in [1.82, 2.24) is 10.6 Å². The van der Waals surface area contributed by atoms with E-state index in [4.69, 9.17) is 4.74 Å². The summed E-state index contributed by atoms with van der Waals surface area (Å²) in [7, 11) is 5.63. The molecule has 0 saturated carbocycles. The Morgan fingerprint density at radius 2 is 1.96 bits per heavy atom. The van der Waals surface area contributed by atoms with E-state index in [1.807, 2.05) is 6.07 Å². The molecule has 0 aromatic heterocycles. The minimum absolute atomic E-state index is 0. The molecule has 1 aromatic carbocycles. The van der Waals surface area contributed by atoms with Crippen molar-refractivity contribution in [1.29, 1.82) is 0 Å². The van der Waals surface area contributed by atoms with Gasteiger partial charge in [0.2, 0.25) is 0 Å². The monoisotopic (exact) mass is 434 g/mol. The maximum absolute atomic E-state index is 5.11. The van der Waals surface area contributed by atoms with Crippen molar-refractivity contribution < 1.29 is 4.74 Å². The molecule has 5 nitrogen and oxygen atoms in total. The van der Waals surface area contributed by atoms with Gasteiger partial charge in [0, 0.05) is 46.0 Å². The largest absolute Gasteiger partial charge is 0.383 e. The van der Waals surface area contributed by atoms with E-state index >= 15 is 0 Å². The molecular weight excluding hydrogens is 403 g/mol. The van der Waals surface area contributed by atoms with Gasteiger partial charge in [-0.25, -0.2) is 0 Å². The molecule has 0 aliphatic rings. The third-order valence-corrected chi connectivity index (χ3v) is 3.43. The summed E-state index contributed by atoms with van der Waals surface area (Å²) < 4.78 is 5.11. The number of para-hydroxylation sites is 1. The lowest BCUT2D eigenvalue weighted by atomic mass is 10.2. The number of nitrogens with zero attached hydrogens (tertiary/aromatic N) is 2. The Balaban J connectivity index is 0.00000484. The molecular formula is C17H31IN4O. The normalized spacial score (nSPS) is 12.3. The van der Waals surface area contributed by atoms with Crippen molar-refractivity contribution in [2.45, 2.75) is 25.8 Å². The topological polar surface area (TPSA) is 48.9 Å². The van der Waals surface area contributed by atoms with Crippen LogP contribution in [0.5, 0.6) is 0 Å². The minimum atomic E-state index is 0. The Kier molecular flexibility index (Phi) is 12.8. The molecule has 2 N–H and O–H groups in total. The molecule has 6 heteroatoms. The van der Waals surface area contributed by atoms with Gasteiger partial charge in [0.05, 0.1) is 6.61 Å². The summed E-state index contributed by atoms with van der Waals surface area (Å²) in [6, 6.07) is 10.7. The fourth-order valence-corrected chi connectivity index (χ4v) is 2.21. The molecule has 1 rings (SSSR count). The highest BCUT2D eigenvalue weighted by Gasteiger charge is 2.04. The third-order valence-electron chi connectivity index (χ3n) is 3.43. The molecule has 1 atom stereocenters. The lowest BCUT2D eigenvalue weighted by molar-refractivity contribution is 0.179. The van der Waals surface area contributed by atoms with Crippen LogP contribution < -0.4 is 15.5 Å². The number of hydrogen-bond donors (Lipinski definition) is 2. The van der Waals surface area contributed by atoms with Crippen LogP contribution in [-0.2, 0) is 4.74 Å². The number of nitrogens with one attached hydrogen (secondary N) is 2. The summed E-state index contributed by atoms with van der Waals surface area (Å²) in [5.74, 6) is 0.834. The van der Waals surface area contributed by atoms with E-state index in [0.29, 0.717) is 6.61 Å². The summed E-state index contributed by atoms with van der Waals surface area (Å²) in [6.45, 7) is 4.72. The molecule has 0 saturated heterocycles. The Hall–Kier alpha value is -1.02. The molecule has 1 aromatic rings. The summed E-state index contributed by atoms with van der Waals surface area (Å²) in [4.78, 5) is 6.50. The molecule has 0 fully saturated rings. The number of benzene rings is 1. The third kappa shape index (κ3) is 9.65. The van der Waals surface area contributed by atoms with Gasteiger partial charge in [-0.2, -0.15) is 0 Å². The Morgan fingerprint density at radius 1 is 1.26 bits per heavy atom. The van der Waals surface area contributed by atoms with Crippen LogP contribution in [0, 0.1) is 0 Å². The van der Waals surface area contributed by atoms with Crippen LogP contribution in [0.4, 0.5) is 5.69 Å². The van der Waals surface area contributed by atoms with Crippen LogP contribution in [0.15, 0.2) is 35.3 Å². The Morgan fingerprint density at radius 3 is 2.57 bits per heavy atom. The van der Waals surface area contributed by atoms with Crippen LogP contribution in [0.25, 0.3) is 0 Å². The predicted molar refractivity (Wildman–Crippen MR) is 110 cm³/mol. The highest BCUT2D eigenvalue weighted by Crippen LogP contribution is 2.11. The minimum Gasteiger partial charge on any atom is -0.383 e. The number of ether oxygens (including phenoxy) is 1. The van der Waals surface area contributed by atoms with E-state index < -0.39 is 0 Å². The molecule has 0 amide bonds. The zero-order chi connectivity index (χ0) is 16.2. The number of aliphatic imine (C=N–C) groups is 1. The van der Waals surface area contributed by atoms with Crippen molar-refractivity contribution in [3.8, 4) is 0 Å². The lowest BCUT2D eigenvalue weighted by Gasteiger charge is -2.20. The maximum Gasteiger partial charge on any atom is 0.191 e. The van der Waals surface area contributed by atoms with Crippen molar-refractivity contribution in [3.05, 3.63) is 30.3 Å². The number of halogens is 1. The Labute approximate surface area is 157 Å². The van der Waals surface area contributed by atoms with Gasteiger partial charge in [0.25, 0.3) is 0 Å². The second-order valence-corrected chi connectivity index (χ2v) is 5.46. The van der Waals surface area contributed by atoms with Crippen molar-refractivity contribution in [2.24, 2.45) is 4.99 Å². The standard InChI is InChI=1S/C17H30N4O.HI/c1-15(14-22-4)20-17(18-2)19-12-8-9-13-21(3)16-10-6-5-7-11-16;/h5-7,10-11,15H,8-9,12-14H2,1-4H3,(H2,18,19,20);1H. The molecule has 0 spiro atoms. The zero-order valence-electron chi connectivity index (χ0n) is 14.7. The smallest absolute Gasteiger partial charge is 0.191 e. The summed E-state index contributed by atoms with van der Waals surface area (Å²) in [5.41, 5.74) is 1.27. The first kappa shape index (κ1) is 22.0. The average molecular weight is 434 g/mol. The number of guanidine groups is 1. The zero-order valence-corrected chi connectivity index (χ0v) is 17.0. The Bertz CT molecular complexity index is 428. The molecule has 0 heterocycles. The van der Waals surface area contributed by atoms with E-state index in [0.717, 1.165) is 31.9 Å². The van der Waals surface area contributed by atoms with Crippen molar-refractivity contribution in [2.75, 3.05) is 45.8 Å². The molecule has 23 heavy (non-hydrogen) atoms. The van der Waals surface area contributed by atoms with E-state index in [1.54, 1.807) is 14.2 Å². The SMILES string of the molecule is CN=C(NCCCCN(C)c1ccccc1)NC(C)COC.I. The van der Waals surface area contributed by atoms with E-state index in [2.05, 4.69) is 58.8 Å². The van der Waals surface area contributed by atoms with Crippen molar-refractivity contribution in [3.63, 3.8) is 0 Å². The van der Waals surface area contributed by atoms with Gasteiger partial charge >= 0.3 is 0 Å². The van der Waals surface area contributed by atoms with E-state index in [-0.39, 0.29) is 30.0 Å². The fraction of sp³-hybridized carbons (Fsp3) is 0.588. The van der Waals surface area contributed by atoms with Crippen molar-refractivity contribution >= 4 is 35.6 Å². The van der Waals surface area contributed by atoms with Gasteiger partial charge in [0.1, 0.15) is 0 Å². The van der Waals surface area contributed by atoms with Crippen LogP contribution >= 0.6 is 24.0 Å². The van der Waals surface area contributed by atoms with Gasteiger partial charge in [-0.05, 0) is 31.9 Å². The van der Waals surface area contributed by atoms with E-state index in [1.165, 1.54) is 5.69 Å². The maximum atomic E-state index is 5.11. The second kappa shape index (κ2) is 13.4. The van der Waals surface area contributed by atoms with Gasteiger partial charge in [0.15, 0.2) is 5.96 Å². The first-order valence-corrected chi connectivity index (χ1v) is 7.89. The predicted octanol–water partition coefficient (Wildman–Crippen LogP) is 2.72. The lowest BCUT2D eigenvalue weighted by Crippen LogP contribution is -2.44. The van der Waals surface area contributed by atoms with Gasteiger partial charge in [-0.1, -0.05) is 18.2 Å². The van der Waals surface area contributed by atoms with E-state index in [9.17, 15) is 0 Å². The highest BCUT2D eigenvalue weighted by atomic mass is 127. The second-order valence-electron chi connectivity index (χ2n) is 5.46. The van der Waals surface area contributed by atoms with Gasteiger partial charge < -0.3 is 20.3 Å². The van der Waals surface area contributed by atoms with Gasteiger partial charge in [-0.15, -0.1) is 24.0 Å². The van der Waals surface area contributed by atoms with Gasteiger partial charge in [-0.3, -0.25) is 4.99 Å². The van der Waals surface area contributed by atoms with Crippen LogP contribution in [0.1, 0.15) is 19.8 Å². The number of anilines is 1. The first-order valence-electron chi connectivity index (χ1n) is 7.89. The molecule has 0 aliphatic carbocycles. The summed E-state index contributed by atoms with van der Waals surface area (Å²) in [5, 5.41) is 6.63. The van der Waals surface area contributed by atoms with Crippen LogP contribution in [0.2, 0.25) is 0 Å². The summed E-state index contributed by atoms with van der Waals surface area (Å²) >= 11 is 0. The van der Waals surface area contributed by atoms with Crippen LogP contribution in [-0.4, -0.2) is 52.9 Å². The number of rotatable bonds is 9. The van der Waals surface area contributed by atoms with Crippen LogP contribution in [0.3, 0.4) is 0 Å². The fourth-order valence-electron chi connectivity index (χ4n) is 2.21. The molecule has 0 bridgehead atoms. The highest BCUT2D eigenvalue weighted by molar-refractivity contribution is 14.0. The number of methoxy groups -OCH3 is 1. The quantitative estimate of drug-likeness (QED) is 0.272. The number of hydrogen-bond acceptors (Lipinski definition) is 3. The number of unbranched alkanes of at least 4 members (excludes halogenated alkanes) is 1. The molecule has 0 radical (unpaired) electrons. The first-order chi connectivity index (χ1) is 10.7.